The number of aliphatic hydroxyl groups excluding tert-OH is 1. The Balaban J connectivity index is 2.87. The van der Waals surface area contributed by atoms with Crippen molar-refractivity contribution in [2.45, 2.75) is 32.9 Å². The van der Waals surface area contributed by atoms with Crippen molar-refractivity contribution < 1.29 is 19.4 Å². The molecule has 0 spiro atoms. The SMILES string of the molecule is COc1ccccc1C(=O)NC(C(=O)NC(C)CO)C(C)C. The molecule has 0 aliphatic carbocycles. The van der Waals surface area contributed by atoms with E-state index in [1.54, 1.807) is 31.2 Å². The first-order valence-electron chi connectivity index (χ1n) is 7.25. The van der Waals surface area contributed by atoms with Crippen LogP contribution in [0.3, 0.4) is 0 Å². The molecule has 0 saturated heterocycles. The number of benzene rings is 1. The highest BCUT2D eigenvalue weighted by Crippen LogP contribution is 2.17. The molecule has 2 amide bonds. The molecule has 0 radical (unpaired) electrons. The van der Waals surface area contributed by atoms with Crippen LogP contribution in [-0.2, 0) is 4.79 Å². The summed E-state index contributed by atoms with van der Waals surface area (Å²) in [6.45, 7) is 5.22. The Labute approximate surface area is 130 Å². The summed E-state index contributed by atoms with van der Waals surface area (Å²) >= 11 is 0. The molecule has 1 aromatic carbocycles. The van der Waals surface area contributed by atoms with Gasteiger partial charge in [-0.2, -0.15) is 0 Å². The number of rotatable bonds is 7. The van der Waals surface area contributed by atoms with Gasteiger partial charge in [0.25, 0.3) is 5.91 Å². The molecule has 0 saturated carbocycles. The molecule has 0 aromatic heterocycles. The summed E-state index contributed by atoms with van der Waals surface area (Å²) in [5.41, 5.74) is 0.374. The van der Waals surface area contributed by atoms with Crippen LogP contribution in [0.2, 0.25) is 0 Å². The molecule has 6 heteroatoms. The predicted octanol–water partition coefficient (Wildman–Crippen LogP) is 0.947. The Kier molecular flexibility index (Phi) is 6.85. The molecular formula is C16H24N2O4. The number of carbonyl (C=O) groups excluding carboxylic acids is 2. The molecule has 0 aliphatic rings. The van der Waals surface area contributed by atoms with Gasteiger partial charge in [0, 0.05) is 6.04 Å². The van der Waals surface area contributed by atoms with Crippen molar-refractivity contribution in [3.8, 4) is 5.75 Å². The van der Waals surface area contributed by atoms with Crippen LogP contribution in [0.1, 0.15) is 31.1 Å². The molecular weight excluding hydrogens is 284 g/mol. The van der Waals surface area contributed by atoms with Crippen molar-refractivity contribution in [1.29, 1.82) is 0 Å². The van der Waals surface area contributed by atoms with Gasteiger partial charge in [-0.3, -0.25) is 9.59 Å². The Hall–Kier alpha value is -2.08. The number of para-hydroxylation sites is 1. The summed E-state index contributed by atoms with van der Waals surface area (Å²) in [6.07, 6.45) is 0. The average Bonchev–Trinajstić information content (AvgIpc) is 2.51. The van der Waals surface area contributed by atoms with Gasteiger partial charge in [0.05, 0.1) is 19.3 Å². The van der Waals surface area contributed by atoms with Crippen LogP contribution in [-0.4, -0.2) is 42.7 Å². The van der Waals surface area contributed by atoms with E-state index in [2.05, 4.69) is 10.6 Å². The van der Waals surface area contributed by atoms with E-state index in [4.69, 9.17) is 9.84 Å². The fourth-order valence-electron chi connectivity index (χ4n) is 1.96. The van der Waals surface area contributed by atoms with E-state index in [1.165, 1.54) is 7.11 Å². The number of methoxy groups -OCH3 is 1. The second kappa shape index (κ2) is 8.38. The van der Waals surface area contributed by atoms with Crippen molar-refractivity contribution in [2.24, 2.45) is 5.92 Å². The average molecular weight is 308 g/mol. The Morgan fingerprint density at radius 2 is 1.82 bits per heavy atom. The zero-order valence-electron chi connectivity index (χ0n) is 13.4. The summed E-state index contributed by atoms with van der Waals surface area (Å²) in [4.78, 5) is 24.6. The molecule has 0 bridgehead atoms. The third-order valence-corrected chi connectivity index (χ3v) is 3.25. The topological polar surface area (TPSA) is 87.7 Å². The van der Waals surface area contributed by atoms with Crippen LogP contribution in [0.4, 0.5) is 0 Å². The summed E-state index contributed by atoms with van der Waals surface area (Å²) in [5, 5.41) is 14.4. The molecule has 3 N–H and O–H groups in total. The Morgan fingerprint density at radius 1 is 1.18 bits per heavy atom. The smallest absolute Gasteiger partial charge is 0.255 e. The predicted molar refractivity (Wildman–Crippen MR) is 83.8 cm³/mol. The van der Waals surface area contributed by atoms with E-state index in [0.717, 1.165) is 0 Å². The second-order valence-electron chi connectivity index (χ2n) is 5.49. The Morgan fingerprint density at radius 3 is 2.36 bits per heavy atom. The van der Waals surface area contributed by atoms with Crippen molar-refractivity contribution in [3.05, 3.63) is 29.8 Å². The first kappa shape index (κ1) is 18.0. The van der Waals surface area contributed by atoms with Gasteiger partial charge in [-0.05, 0) is 25.0 Å². The molecule has 122 valence electrons. The fourth-order valence-corrected chi connectivity index (χ4v) is 1.96. The minimum Gasteiger partial charge on any atom is -0.496 e. The highest BCUT2D eigenvalue weighted by atomic mass is 16.5. The van der Waals surface area contributed by atoms with Crippen molar-refractivity contribution in [3.63, 3.8) is 0 Å². The molecule has 2 unspecified atom stereocenters. The van der Waals surface area contributed by atoms with Gasteiger partial charge in [-0.1, -0.05) is 26.0 Å². The monoisotopic (exact) mass is 308 g/mol. The van der Waals surface area contributed by atoms with E-state index in [9.17, 15) is 9.59 Å². The molecule has 1 rings (SSSR count). The summed E-state index contributed by atoms with van der Waals surface area (Å²) in [6, 6.07) is 5.77. The minimum atomic E-state index is -0.689. The molecule has 0 heterocycles. The summed E-state index contributed by atoms with van der Waals surface area (Å²) in [7, 11) is 1.49. The normalized spacial score (nSPS) is 13.4. The van der Waals surface area contributed by atoms with E-state index in [1.807, 2.05) is 13.8 Å². The first-order valence-corrected chi connectivity index (χ1v) is 7.25. The van der Waals surface area contributed by atoms with Crippen LogP contribution < -0.4 is 15.4 Å². The van der Waals surface area contributed by atoms with Gasteiger partial charge < -0.3 is 20.5 Å². The third kappa shape index (κ3) is 4.73. The maximum atomic E-state index is 12.4. The van der Waals surface area contributed by atoms with Crippen molar-refractivity contribution >= 4 is 11.8 Å². The van der Waals surface area contributed by atoms with Crippen LogP contribution in [0.15, 0.2) is 24.3 Å². The molecule has 22 heavy (non-hydrogen) atoms. The Bertz CT molecular complexity index is 517. The van der Waals surface area contributed by atoms with Gasteiger partial charge in [0.2, 0.25) is 5.91 Å². The van der Waals surface area contributed by atoms with Crippen LogP contribution >= 0.6 is 0 Å². The molecule has 6 nitrogen and oxygen atoms in total. The van der Waals surface area contributed by atoms with Gasteiger partial charge in [-0.15, -0.1) is 0 Å². The van der Waals surface area contributed by atoms with Crippen molar-refractivity contribution in [2.75, 3.05) is 13.7 Å². The first-order chi connectivity index (χ1) is 10.4. The lowest BCUT2D eigenvalue weighted by molar-refractivity contribution is -0.124. The molecule has 0 fully saturated rings. The van der Waals surface area contributed by atoms with Gasteiger partial charge >= 0.3 is 0 Å². The number of aliphatic hydroxyl groups is 1. The number of carbonyl (C=O) groups is 2. The lowest BCUT2D eigenvalue weighted by Crippen LogP contribution is -2.52. The molecule has 1 aromatic rings. The number of hydrogen-bond acceptors (Lipinski definition) is 4. The second-order valence-corrected chi connectivity index (χ2v) is 5.49. The van der Waals surface area contributed by atoms with Crippen LogP contribution in [0.25, 0.3) is 0 Å². The van der Waals surface area contributed by atoms with Crippen LogP contribution in [0.5, 0.6) is 5.75 Å². The molecule has 0 aliphatic heterocycles. The van der Waals surface area contributed by atoms with Gasteiger partial charge in [-0.25, -0.2) is 0 Å². The standard InChI is InChI=1S/C16H24N2O4/c1-10(2)14(16(21)17-11(3)9-19)18-15(20)12-7-5-6-8-13(12)22-4/h5-8,10-11,14,19H,9H2,1-4H3,(H,17,21)(H,18,20). The van der Waals surface area contributed by atoms with Gasteiger partial charge in [0.15, 0.2) is 0 Å². The van der Waals surface area contributed by atoms with Crippen molar-refractivity contribution in [1.82, 2.24) is 10.6 Å². The van der Waals surface area contributed by atoms with Gasteiger partial charge in [0.1, 0.15) is 11.8 Å². The maximum absolute atomic E-state index is 12.4. The zero-order chi connectivity index (χ0) is 16.7. The highest BCUT2D eigenvalue weighted by molar-refractivity contribution is 5.99. The number of amides is 2. The van der Waals surface area contributed by atoms with E-state index >= 15 is 0 Å². The quantitative estimate of drug-likeness (QED) is 0.700. The summed E-state index contributed by atoms with van der Waals surface area (Å²) in [5.74, 6) is -0.334. The van der Waals surface area contributed by atoms with E-state index < -0.39 is 6.04 Å². The number of ether oxygens (including phenoxy) is 1. The fraction of sp³-hybridized carbons (Fsp3) is 0.500. The van der Waals surface area contributed by atoms with E-state index in [0.29, 0.717) is 11.3 Å². The number of hydrogen-bond donors (Lipinski definition) is 3. The largest absolute Gasteiger partial charge is 0.496 e. The third-order valence-electron chi connectivity index (χ3n) is 3.25. The molecule has 2 atom stereocenters. The lowest BCUT2D eigenvalue weighted by Gasteiger charge is -2.23. The summed E-state index contributed by atoms with van der Waals surface area (Å²) < 4.78 is 5.16. The number of nitrogens with one attached hydrogen (secondary N) is 2. The maximum Gasteiger partial charge on any atom is 0.255 e. The highest BCUT2D eigenvalue weighted by Gasteiger charge is 2.26. The van der Waals surface area contributed by atoms with E-state index in [-0.39, 0.29) is 30.4 Å². The lowest BCUT2D eigenvalue weighted by atomic mass is 10.0. The zero-order valence-corrected chi connectivity index (χ0v) is 13.4. The van der Waals surface area contributed by atoms with Crippen LogP contribution in [0, 0.1) is 5.92 Å². The minimum absolute atomic E-state index is 0.0930.